The van der Waals surface area contributed by atoms with Crippen LogP contribution >= 0.6 is 0 Å². The van der Waals surface area contributed by atoms with Crippen molar-refractivity contribution in [3.05, 3.63) is 29.8 Å². The van der Waals surface area contributed by atoms with E-state index in [0.717, 1.165) is 0 Å². The zero-order valence-corrected chi connectivity index (χ0v) is 14.4. The molecule has 7 heteroatoms. The van der Waals surface area contributed by atoms with Gasteiger partial charge in [-0.3, -0.25) is 9.59 Å². The molecule has 24 heavy (non-hydrogen) atoms. The normalized spacial score (nSPS) is 10.4. The van der Waals surface area contributed by atoms with Crippen LogP contribution < -0.4 is 15.4 Å². The molecule has 0 unspecified atom stereocenters. The molecule has 7 nitrogen and oxygen atoms in total. The predicted octanol–water partition coefficient (Wildman–Crippen LogP) is 1.27. The summed E-state index contributed by atoms with van der Waals surface area (Å²) < 4.78 is 10.3. The van der Waals surface area contributed by atoms with E-state index in [9.17, 15) is 14.4 Å². The Morgan fingerprint density at radius 1 is 0.958 bits per heavy atom. The lowest BCUT2D eigenvalue weighted by Gasteiger charge is -2.11. The van der Waals surface area contributed by atoms with Gasteiger partial charge in [-0.25, -0.2) is 4.79 Å². The summed E-state index contributed by atoms with van der Waals surface area (Å²) in [6.45, 7) is 6.84. The number of ether oxygens (including phenoxy) is 2. The molecule has 0 radical (unpaired) electrons. The van der Waals surface area contributed by atoms with Gasteiger partial charge in [0.1, 0.15) is 5.75 Å². The summed E-state index contributed by atoms with van der Waals surface area (Å²) in [5, 5.41) is 5.32. The van der Waals surface area contributed by atoms with E-state index in [1.807, 2.05) is 27.7 Å². The van der Waals surface area contributed by atoms with Gasteiger partial charge in [-0.05, 0) is 45.9 Å². The summed E-state index contributed by atoms with van der Waals surface area (Å²) in [6, 6.07) is 6.25. The Morgan fingerprint density at radius 2 is 1.54 bits per heavy atom. The highest BCUT2D eigenvalue weighted by Crippen LogP contribution is 2.14. The van der Waals surface area contributed by atoms with E-state index in [1.165, 1.54) is 6.07 Å². The zero-order valence-electron chi connectivity index (χ0n) is 14.4. The molecule has 0 saturated carbocycles. The highest BCUT2D eigenvalue weighted by molar-refractivity contribution is 5.91. The Bertz CT molecular complexity index is 584. The predicted molar refractivity (Wildman–Crippen MR) is 88.8 cm³/mol. The van der Waals surface area contributed by atoms with Crippen LogP contribution in [0.3, 0.4) is 0 Å². The van der Waals surface area contributed by atoms with Crippen LogP contribution in [0.2, 0.25) is 0 Å². The number of hydrogen-bond donors (Lipinski definition) is 2. The SMILES string of the molecule is CC(C)NC(=O)COC(=O)c1cccc(OCC(=O)NC(C)C)c1. The minimum absolute atomic E-state index is 0.0232. The molecule has 0 atom stereocenters. The van der Waals surface area contributed by atoms with Gasteiger partial charge in [0, 0.05) is 12.1 Å². The first-order chi connectivity index (χ1) is 11.3. The zero-order chi connectivity index (χ0) is 18.1. The number of rotatable bonds is 8. The fourth-order valence-electron chi connectivity index (χ4n) is 1.80. The number of carbonyl (C=O) groups excluding carboxylic acids is 3. The summed E-state index contributed by atoms with van der Waals surface area (Å²) in [4.78, 5) is 34.9. The summed E-state index contributed by atoms with van der Waals surface area (Å²) in [5.41, 5.74) is 0.245. The minimum atomic E-state index is -0.633. The lowest BCUT2D eigenvalue weighted by Crippen LogP contribution is -2.34. The Kier molecular flexibility index (Phi) is 7.74. The van der Waals surface area contributed by atoms with Crippen molar-refractivity contribution in [2.24, 2.45) is 0 Å². The Morgan fingerprint density at radius 3 is 2.12 bits per heavy atom. The van der Waals surface area contributed by atoms with Crippen LogP contribution in [0.1, 0.15) is 38.1 Å². The van der Waals surface area contributed by atoms with Gasteiger partial charge < -0.3 is 20.1 Å². The van der Waals surface area contributed by atoms with Crippen molar-refractivity contribution in [1.29, 1.82) is 0 Å². The lowest BCUT2D eigenvalue weighted by atomic mass is 10.2. The van der Waals surface area contributed by atoms with Crippen molar-refractivity contribution in [2.75, 3.05) is 13.2 Å². The van der Waals surface area contributed by atoms with Crippen molar-refractivity contribution in [2.45, 2.75) is 39.8 Å². The van der Waals surface area contributed by atoms with E-state index < -0.39 is 5.97 Å². The number of esters is 1. The molecule has 0 fully saturated rings. The van der Waals surface area contributed by atoms with Gasteiger partial charge in [-0.2, -0.15) is 0 Å². The molecule has 0 spiro atoms. The Labute approximate surface area is 141 Å². The molecule has 2 N–H and O–H groups in total. The number of hydrogen-bond acceptors (Lipinski definition) is 5. The van der Waals surface area contributed by atoms with E-state index in [-0.39, 0.29) is 42.7 Å². The maximum absolute atomic E-state index is 11.9. The molecule has 1 aromatic carbocycles. The maximum Gasteiger partial charge on any atom is 0.338 e. The van der Waals surface area contributed by atoms with Crippen molar-refractivity contribution in [3.8, 4) is 5.75 Å². The third-order valence-corrected chi connectivity index (χ3v) is 2.67. The van der Waals surface area contributed by atoms with Crippen molar-refractivity contribution in [3.63, 3.8) is 0 Å². The largest absolute Gasteiger partial charge is 0.484 e. The Hall–Kier alpha value is -2.57. The first-order valence-electron chi connectivity index (χ1n) is 7.76. The van der Waals surface area contributed by atoms with Gasteiger partial charge in [-0.15, -0.1) is 0 Å². The quantitative estimate of drug-likeness (QED) is 0.697. The molecule has 0 aromatic heterocycles. The van der Waals surface area contributed by atoms with E-state index in [0.29, 0.717) is 5.75 Å². The summed E-state index contributed by atoms with van der Waals surface area (Å²) >= 11 is 0. The van der Waals surface area contributed by atoms with Crippen molar-refractivity contribution < 1.29 is 23.9 Å². The van der Waals surface area contributed by atoms with Crippen LogP contribution in [-0.4, -0.2) is 43.1 Å². The van der Waals surface area contributed by atoms with Crippen LogP contribution in [0, 0.1) is 0 Å². The van der Waals surface area contributed by atoms with E-state index in [4.69, 9.17) is 9.47 Å². The molecule has 0 aliphatic carbocycles. The van der Waals surface area contributed by atoms with Crippen LogP contribution in [0.25, 0.3) is 0 Å². The molecule has 0 aliphatic heterocycles. The fourth-order valence-corrected chi connectivity index (χ4v) is 1.80. The van der Waals surface area contributed by atoms with Gasteiger partial charge >= 0.3 is 5.97 Å². The van der Waals surface area contributed by atoms with Crippen molar-refractivity contribution in [1.82, 2.24) is 10.6 Å². The summed E-state index contributed by atoms with van der Waals surface area (Å²) in [7, 11) is 0. The molecule has 0 heterocycles. The molecule has 2 amide bonds. The number of nitrogens with one attached hydrogen (secondary N) is 2. The van der Waals surface area contributed by atoms with E-state index in [2.05, 4.69) is 10.6 Å². The number of carbonyl (C=O) groups is 3. The molecule has 0 bridgehead atoms. The van der Waals surface area contributed by atoms with Crippen LogP contribution in [-0.2, 0) is 14.3 Å². The smallest absolute Gasteiger partial charge is 0.338 e. The standard InChI is InChI=1S/C17H24N2O5/c1-11(2)18-15(20)9-23-14-7-5-6-13(8-14)17(22)24-10-16(21)19-12(3)4/h5-8,11-12H,9-10H2,1-4H3,(H,18,20)(H,19,21). The molecule has 1 aromatic rings. The van der Waals surface area contributed by atoms with Gasteiger partial charge in [0.25, 0.3) is 11.8 Å². The fraction of sp³-hybridized carbons (Fsp3) is 0.471. The maximum atomic E-state index is 11.9. The van der Waals surface area contributed by atoms with E-state index in [1.54, 1.807) is 18.2 Å². The minimum Gasteiger partial charge on any atom is -0.484 e. The molecule has 0 aliphatic rings. The second kappa shape index (κ2) is 9.54. The number of amides is 2. The lowest BCUT2D eigenvalue weighted by molar-refractivity contribution is -0.125. The molecule has 132 valence electrons. The average Bonchev–Trinajstić information content (AvgIpc) is 2.49. The average molecular weight is 336 g/mol. The molecular formula is C17H24N2O5. The molecular weight excluding hydrogens is 312 g/mol. The van der Waals surface area contributed by atoms with Crippen molar-refractivity contribution >= 4 is 17.8 Å². The first-order valence-corrected chi connectivity index (χ1v) is 7.76. The van der Waals surface area contributed by atoms with Crippen LogP contribution in [0.4, 0.5) is 0 Å². The molecule has 0 saturated heterocycles. The molecule has 1 rings (SSSR count). The second-order valence-corrected chi connectivity index (χ2v) is 5.84. The van der Waals surface area contributed by atoms with Gasteiger partial charge in [0.2, 0.25) is 0 Å². The third kappa shape index (κ3) is 7.62. The number of benzene rings is 1. The second-order valence-electron chi connectivity index (χ2n) is 5.84. The summed E-state index contributed by atoms with van der Waals surface area (Å²) in [5.74, 6) is -0.875. The van der Waals surface area contributed by atoms with Gasteiger partial charge in [0.05, 0.1) is 5.56 Å². The third-order valence-electron chi connectivity index (χ3n) is 2.67. The van der Waals surface area contributed by atoms with Gasteiger partial charge in [-0.1, -0.05) is 6.07 Å². The van der Waals surface area contributed by atoms with E-state index >= 15 is 0 Å². The monoisotopic (exact) mass is 336 g/mol. The summed E-state index contributed by atoms with van der Waals surface area (Å²) in [6.07, 6.45) is 0. The van der Waals surface area contributed by atoms with Crippen LogP contribution in [0.5, 0.6) is 5.75 Å². The van der Waals surface area contributed by atoms with Gasteiger partial charge in [0.15, 0.2) is 13.2 Å². The highest BCUT2D eigenvalue weighted by atomic mass is 16.5. The topological polar surface area (TPSA) is 93.7 Å². The highest BCUT2D eigenvalue weighted by Gasteiger charge is 2.12. The van der Waals surface area contributed by atoms with Crippen LogP contribution in [0.15, 0.2) is 24.3 Å². The first kappa shape index (κ1) is 19.5. The Balaban J connectivity index is 2.53.